The maximum Gasteiger partial charge on any atom is 0.336 e. The zero-order valence-corrected chi connectivity index (χ0v) is 11.2. The molecule has 5 heteroatoms. The van der Waals surface area contributed by atoms with Crippen LogP contribution < -0.4 is 0 Å². The highest BCUT2D eigenvalue weighted by molar-refractivity contribution is 6.42. The van der Waals surface area contributed by atoms with Crippen LogP contribution in [0.4, 0.5) is 0 Å². The third kappa shape index (κ3) is 3.34. The SMILES string of the molecule is O=C(O)/C(=C\c1cccnc1)c1ccc(Cl)c(Cl)c1. The molecule has 1 heterocycles. The van der Waals surface area contributed by atoms with E-state index in [1.54, 1.807) is 36.7 Å². The van der Waals surface area contributed by atoms with Crippen molar-refractivity contribution in [2.45, 2.75) is 0 Å². The Morgan fingerprint density at radius 1 is 1.21 bits per heavy atom. The number of aliphatic carboxylic acids is 1. The predicted molar refractivity (Wildman–Crippen MR) is 76.2 cm³/mol. The smallest absolute Gasteiger partial charge is 0.336 e. The number of hydrogen-bond acceptors (Lipinski definition) is 2. The van der Waals surface area contributed by atoms with Gasteiger partial charge >= 0.3 is 5.97 Å². The quantitative estimate of drug-likeness (QED) is 0.870. The molecule has 0 fully saturated rings. The predicted octanol–water partition coefficient (Wildman–Crippen LogP) is 4.01. The maximum absolute atomic E-state index is 11.3. The van der Waals surface area contributed by atoms with E-state index in [0.717, 1.165) is 0 Å². The van der Waals surface area contributed by atoms with Crippen molar-refractivity contribution in [1.29, 1.82) is 0 Å². The van der Waals surface area contributed by atoms with Crippen LogP contribution >= 0.6 is 23.2 Å². The van der Waals surface area contributed by atoms with Crippen LogP contribution in [-0.2, 0) is 4.79 Å². The number of carbonyl (C=O) groups is 1. The first-order valence-electron chi connectivity index (χ1n) is 5.38. The molecule has 0 aliphatic heterocycles. The number of hydrogen-bond donors (Lipinski definition) is 1. The van der Waals surface area contributed by atoms with E-state index in [-0.39, 0.29) is 5.57 Å². The van der Waals surface area contributed by atoms with Gasteiger partial charge in [0.1, 0.15) is 0 Å². The number of benzene rings is 1. The van der Waals surface area contributed by atoms with Crippen molar-refractivity contribution in [2.75, 3.05) is 0 Å². The molecule has 0 aliphatic rings. The van der Waals surface area contributed by atoms with Crippen molar-refractivity contribution in [1.82, 2.24) is 4.98 Å². The maximum atomic E-state index is 11.3. The van der Waals surface area contributed by atoms with Crippen LogP contribution in [0.5, 0.6) is 0 Å². The van der Waals surface area contributed by atoms with Gasteiger partial charge in [-0.15, -0.1) is 0 Å². The van der Waals surface area contributed by atoms with Crippen molar-refractivity contribution in [3.63, 3.8) is 0 Å². The molecule has 1 N–H and O–H groups in total. The summed E-state index contributed by atoms with van der Waals surface area (Å²) in [6.45, 7) is 0. The van der Waals surface area contributed by atoms with Crippen LogP contribution in [0.25, 0.3) is 11.6 Å². The number of pyridine rings is 1. The van der Waals surface area contributed by atoms with Crippen LogP contribution in [0.15, 0.2) is 42.7 Å². The van der Waals surface area contributed by atoms with Crippen LogP contribution in [0.2, 0.25) is 10.0 Å². The summed E-state index contributed by atoms with van der Waals surface area (Å²) in [6, 6.07) is 8.22. The monoisotopic (exact) mass is 293 g/mol. The summed E-state index contributed by atoms with van der Waals surface area (Å²) in [4.78, 5) is 15.3. The Morgan fingerprint density at radius 3 is 2.58 bits per heavy atom. The number of rotatable bonds is 3. The lowest BCUT2D eigenvalue weighted by molar-refractivity contribution is -0.130. The number of nitrogens with zero attached hydrogens (tertiary/aromatic N) is 1. The summed E-state index contributed by atoms with van der Waals surface area (Å²) < 4.78 is 0. The third-order valence-corrected chi connectivity index (χ3v) is 3.20. The molecular weight excluding hydrogens is 285 g/mol. The Morgan fingerprint density at radius 2 is 2.00 bits per heavy atom. The van der Waals surface area contributed by atoms with Gasteiger partial charge in [0.15, 0.2) is 0 Å². The molecule has 0 amide bonds. The first-order chi connectivity index (χ1) is 9.08. The zero-order valence-electron chi connectivity index (χ0n) is 9.68. The molecule has 1 aromatic heterocycles. The highest BCUT2D eigenvalue weighted by Crippen LogP contribution is 2.27. The van der Waals surface area contributed by atoms with E-state index in [4.69, 9.17) is 23.2 Å². The lowest BCUT2D eigenvalue weighted by atomic mass is 10.0. The second kappa shape index (κ2) is 5.87. The van der Waals surface area contributed by atoms with Crippen molar-refractivity contribution >= 4 is 40.8 Å². The van der Waals surface area contributed by atoms with Gasteiger partial charge in [0.25, 0.3) is 0 Å². The number of carboxylic acid groups (broad SMARTS) is 1. The molecule has 0 saturated heterocycles. The van der Waals surface area contributed by atoms with E-state index < -0.39 is 5.97 Å². The molecule has 96 valence electrons. The summed E-state index contributed by atoms with van der Waals surface area (Å²) in [7, 11) is 0. The fourth-order valence-electron chi connectivity index (χ4n) is 1.56. The molecule has 0 spiro atoms. The average Bonchev–Trinajstić information content (AvgIpc) is 2.40. The zero-order chi connectivity index (χ0) is 13.8. The third-order valence-electron chi connectivity index (χ3n) is 2.46. The molecule has 0 radical (unpaired) electrons. The van der Waals surface area contributed by atoms with Crippen molar-refractivity contribution < 1.29 is 9.90 Å². The summed E-state index contributed by atoms with van der Waals surface area (Å²) in [5, 5.41) is 9.99. The van der Waals surface area contributed by atoms with Gasteiger partial charge in [-0.05, 0) is 35.4 Å². The van der Waals surface area contributed by atoms with E-state index in [2.05, 4.69) is 4.98 Å². The minimum atomic E-state index is -1.04. The molecule has 0 bridgehead atoms. The van der Waals surface area contributed by atoms with Crippen LogP contribution in [0, 0.1) is 0 Å². The van der Waals surface area contributed by atoms with E-state index in [9.17, 15) is 9.90 Å². The summed E-state index contributed by atoms with van der Waals surface area (Å²) >= 11 is 11.7. The van der Waals surface area contributed by atoms with E-state index in [0.29, 0.717) is 21.2 Å². The highest BCUT2D eigenvalue weighted by atomic mass is 35.5. The van der Waals surface area contributed by atoms with E-state index in [1.807, 2.05) is 0 Å². The molecule has 2 aromatic rings. The fraction of sp³-hybridized carbons (Fsp3) is 0. The minimum Gasteiger partial charge on any atom is -0.478 e. The largest absolute Gasteiger partial charge is 0.478 e. The first kappa shape index (κ1) is 13.6. The first-order valence-corrected chi connectivity index (χ1v) is 6.14. The lowest BCUT2D eigenvalue weighted by Crippen LogP contribution is -1.99. The van der Waals surface area contributed by atoms with Gasteiger partial charge in [0, 0.05) is 12.4 Å². The van der Waals surface area contributed by atoms with Crippen LogP contribution in [-0.4, -0.2) is 16.1 Å². The summed E-state index contributed by atoms with van der Waals surface area (Å²) in [5.41, 5.74) is 1.32. The van der Waals surface area contributed by atoms with Crippen LogP contribution in [0.1, 0.15) is 11.1 Å². The van der Waals surface area contributed by atoms with Gasteiger partial charge in [-0.2, -0.15) is 0 Å². The molecule has 0 unspecified atom stereocenters. The molecule has 0 saturated carbocycles. The highest BCUT2D eigenvalue weighted by Gasteiger charge is 2.12. The van der Waals surface area contributed by atoms with Crippen molar-refractivity contribution in [3.8, 4) is 0 Å². The molecule has 3 nitrogen and oxygen atoms in total. The Kier molecular flexibility index (Phi) is 4.20. The van der Waals surface area contributed by atoms with Crippen molar-refractivity contribution in [2.24, 2.45) is 0 Å². The van der Waals surface area contributed by atoms with Crippen LogP contribution in [0.3, 0.4) is 0 Å². The molecule has 1 aromatic carbocycles. The molecule has 0 aliphatic carbocycles. The summed E-state index contributed by atoms with van der Waals surface area (Å²) in [6.07, 6.45) is 4.74. The second-order valence-corrected chi connectivity index (χ2v) is 4.59. The van der Waals surface area contributed by atoms with E-state index >= 15 is 0 Å². The van der Waals surface area contributed by atoms with Gasteiger partial charge in [-0.3, -0.25) is 4.98 Å². The number of aromatic nitrogens is 1. The molecular formula is C14H9Cl2NO2. The van der Waals surface area contributed by atoms with Gasteiger partial charge in [-0.1, -0.05) is 35.3 Å². The average molecular weight is 294 g/mol. The van der Waals surface area contributed by atoms with Gasteiger partial charge < -0.3 is 5.11 Å². The summed E-state index contributed by atoms with van der Waals surface area (Å²) in [5.74, 6) is -1.04. The van der Waals surface area contributed by atoms with E-state index in [1.165, 1.54) is 12.1 Å². The van der Waals surface area contributed by atoms with Crippen molar-refractivity contribution in [3.05, 3.63) is 63.9 Å². The number of halogens is 2. The Balaban J connectivity index is 2.49. The Bertz CT molecular complexity index is 639. The fourth-order valence-corrected chi connectivity index (χ4v) is 1.86. The molecule has 0 atom stereocenters. The number of carboxylic acids is 1. The minimum absolute atomic E-state index is 0.131. The second-order valence-electron chi connectivity index (χ2n) is 3.78. The van der Waals surface area contributed by atoms with Gasteiger partial charge in [-0.25, -0.2) is 4.79 Å². The Hall–Kier alpha value is -1.84. The van der Waals surface area contributed by atoms with Gasteiger partial charge in [0.05, 0.1) is 15.6 Å². The molecule has 19 heavy (non-hydrogen) atoms. The lowest BCUT2D eigenvalue weighted by Gasteiger charge is -2.05. The Labute approximate surface area is 120 Å². The topological polar surface area (TPSA) is 50.2 Å². The molecule has 2 rings (SSSR count). The van der Waals surface area contributed by atoms with Gasteiger partial charge in [0.2, 0.25) is 0 Å². The normalized spacial score (nSPS) is 11.4. The standard InChI is InChI=1S/C14H9Cl2NO2/c15-12-4-3-10(7-13(12)16)11(14(18)19)6-9-2-1-5-17-8-9/h1-8H,(H,18,19)/b11-6-.